The van der Waals surface area contributed by atoms with Gasteiger partial charge >= 0.3 is 0 Å². The van der Waals surface area contributed by atoms with Gasteiger partial charge in [0.2, 0.25) is 0 Å². The summed E-state index contributed by atoms with van der Waals surface area (Å²) in [6.45, 7) is 2.47. The first-order valence-electron chi connectivity index (χ1n) is 6.43. The highest BCUT2D eigenvalue weighted by Crippen LogP contribution is 2.30. The Morgan fingerprint density at radius 3 is 2.62 bits per heavy atom. The SMILES string of the molecule is CCCNc1nn(-c2ccccc2F)c(N)c1S(C)(=O)=O. The third kappa shape index (κ3) is 2.99. The zero-order valence-corrected chi connectivity index (χ0v) is 12.6. The van der Waals surface area contributed by atoms with Gasteiger partial charge in [-0.1, -0.05) is 19.1 Å². The van der Waals surface area contributed by atoms with Gasteiger partial charge in [-0.05, 0) is 18.6 Å². The lowest BCUT2D eigenvalue weighted by atomic mass is 10.3. The van der Waals surface area contributed by atoms with Crippen LogP contribution in [0.5, 0.6) is 0 Å². The molecule has 2 aromatic rings. The molecule has 0 aliphatic rings. The fraction of sp³-hybridized carbons (Fsp3) is 0.308. The lowest BCUT2D eigenvalue weighted by Gasteiger charge is -2.05. The van der Waals surface area contributed by atoms with Crippen molar-refractivity contribution in [2.24, 2.45) is 0 Å². The van der Waals surface area contributed by atoms with Crippen molar-refractivity contribution in [3.63, 3.8) is 0 Å². The van der Waals surface area contributed by atoms with E-state index in [9.17, 15) is 12.8 Å². The summed E-state index contributed by atoms with van der Waals surface area (Å²) in [6, 6.07) is 5.90. The van der Waals surface area contributed by atoms with Crippen LogP contribution in [0.1, 0.15) is 13.3 Å². The lowest BCUT2D eigenvalue weighted by molar-refractivity contribution is 0.602. The molecule has 0 unspecified atom stereocenters. The van der Waals surface area contributed by atoms with E-state index < -0.39 is 15.7 Å². The zero-order valence-electron chi connectivity index (χ0n) is 11.8. The maximum atomic E-state index is 13.9. The van der Waals surface area contributed by atoms with E-state index in [1.807, 2.05) is 6.92 Å². The standard InChI is InChI=1S/C13H17FN4O2S/c1-3-8-16-13-11(21(2,19)20)12(15)18(17-13)10-7-5-4-6-9(10)14/h4-7H,3,8,15H2,1-2H3,(H,16,17). The first-order chi connectivity index (χ1) is 9.86. The van der Waals surface area contributed by atoms with Gasteiger partial charge in [0.05, 0.1) is 0 Å². The smallest absolute Gasteiger partial charge is 0.182 e. The number of aromatic nitrogens is 2. The van der Waals surface area contributed by atoms with E-state index in [2.05, 4.69) is 10.4 Å². The molecule has 0 aliphatic heterocycles. The van der Waals surface area contributed by atoms with Gasteiger partial charge in [0.1, 0.15) is 17.3 Å². The number of nitrogen functional groups attached to an aromatic ring is 1. The molecule has 0 bridgehead atoms. The van der Waals surface area contributed by atoms with Crippen LogP contribution < -0.4 is 11.1 Å². The summed E-state index contributed by atoms with van der Waals surface area (Å²) in [7, 11) is -3.59. The van der Waals surface area contributed by atoms with Gasteiger partial charge in [-0.15, -0.1) is 5.10 Å². The summed E-state index contributed by atoms with van der Waals surface area (Å²) in [4.78, 5) is -0.112. The number of nitrogens with two attached hydrogens (primary N) is 1. The lowest BCUT2D eigenvalue weighted by Crippen LogP contribution is -2.07. The van der Waals surface area contributed by atoms with Crippen molar-refractivity contribution in [1.29, 1.82) is 0 Å². The van der Waals surface area contributed by atoms with Crippen LogP contribution in [-0.4, -0.2) is 31.0 Å². The number of nitrogens with one attached hydrogen (secondary N) is 1. The van der Waals surface area contributed by atoms with Crippen LogP contribution in [-0.2, 0) is 9.84 Å². The molecule has 21 heavy (non-hydrogen) atoms. The Balaban J connectivity index is 2.65. The first kappa shape index (κ1) is 15.3. The van der Waals surface area contributed by atoms with Crippen LogP contribution in [0, 0.1) is 5.82 Å². The fourth-order valence-corrected chi connectivity index (χ4v) is 2.88. The first-order valence-corrected chi connectivity index (χ1v) is 8.32. The second-order valence-electron chi connectivity index (χ2n) is 4.63. The molecule has 1 aromatic carbocycles. The van der Waals surface area contributed by atoms with Crippen LogP contribution in [0.25, 0.3) is 5.69 Å². The van der Waals surface area contributed by atoms with Gasteiger partial charge in [0.25, 0.3) is 0 Å². The molecular formula is C13H17FN4O2S. The highest BCUT2D eigenvalue weighted by molar-refractivity contribution is 7.91. The van der Waals surface area contributed by atoms with Gasteiger partial charge in [-0.25, -0.2) is 17.5 Å². The van der Waals surface area contributed by atoms with Crippen molar-refractivity contribution in [3.05, 3.63) is 30.1 Å². The number of anilines is 2. The summed E-state index contributed by atoms with van der Waals surface area (Å²) in [5, 5.41) is 7.01. The van der Waals surface area contributed by atoms with Gasteiger partial charge in [0, 0.05) is 12.8 Å². The summed E-state index contributed by atoms with van der Waals surface area (Å²) in [5.41, 5.74) is 5.98. The molecule has 2 rings (SSSR count). The van der Waals surface area contributed by atoms with E-state index in [4.69, 9.17) is 5.73 Å². The number of benzene rings is 1. The molecule has 6 nitrogen and oxygen atoms in total. The molecule has 114 valence electrons. The van der Waals surface area contributed by atoms with Crippen LogP contribution in [0.2, 0.25) is 0 Å². The topological polar surface area (TPSA) is 90.0 Å². The highest BCUT2D eigenvalue weighted by Gasteiger charge is 2.25. The molecule has 0 spiro atoms. The molecule has 0 saturated heterocycles. The number of sulfone groups is 1. The van der Waals surface area contributed by atoms with E-state index in [1.54, 1.807) is 6.07 Å². The minimum atomic E-state index is -3.59. The number of para-hydroxylation sites is 1. The maximum absolute atomic E-state index is 13.9. The Morgan fingerprint density at radius 1 is 1.38 bits per heavy atom. The van der Waals surface area contributed by atoms with Crippen molar-refractivity contribution in [2.75, 3.05) is 23.9 Å². The van der Waals surface area contributed by atoms with E-state index in [1.165, 1.54) is 18.2 Å². The van der Waals surface area contributed by atoms with Gasteiger partial charge in [-0.2, -0.15) is 0 Å². The second kappa shape index (κ2) is 5.72. The summed E-state index contributed by atoms with van der Waals surface area (Å²) >= 11 is 0. The largest absolute Gasteiger partial charge is 0.382 e. The van der Waals surface area contributed by atoms with Crippen molar-refractivity contribution < 1.29 is 12.8 Å². The molecule has 0 aliphatic carbocycles. The van der Waals surface area contributed by atoms with Crippen LogP contribution in [0.3, 0.4) is 0 Å². The van der Waals surface area contributed by atoms with Crippen molar-refractivity contribution in [3.8, 4) is 5.69 Å². The second-order valence-corrected chi connectivity index (χ2v) is 6.58. The molecule has 1 aromatic heterocycles. The van der Waals surface area contributed by atoms with E-state index >= 15 is 0 Å². The van der Waals surface area contributed by atoms with Crippen LogP contribution >= 0.6 is 0 Å². The van der Waals surface area contributed by atoms with Crippen LogP contribution in [0.15, 0.2) is 29.2 Å². The Morgan fingerprint density at radius 2 is 2.05 bits per heavy atom. The fourth-order valence-electron chi connectivity index (χ4n) is 1.95. The Bertz CT molecular complexity index is 756. The van der Waals surface area contributed by atoms with E-state index in [0.717, 1.165) is 17.4 Å². The molecule has 0 saturated carbocycles. The zero-order chi connectivity index (χ0) is 15.6. The molecule has 1 heterocycles. The van der Waals surface area contributed by atoms with Crippen LogP contribution in [0.4, 0.5) is 16.0 Å². The van der Waals surface area contributed by atoms with E-state index in [0.29, 0.717) is 6.54 Å². The predicted octanol–water partition coefficient (Wildman–Crippen LogP) is 1.82. The van der Waals surface area contributed by atoms with Gasteiger partial charge in [-0.3, -0.25) is 0 Å². The van der Waals surface area contributed by atoms with Crippen molar-refractivity contribution in [1.82, 2.24) is 9.78 Å². The summed E-state index contributed by atoms with van der Waals surface area (Å²) < 4.78 is 38.8. The number of halogens is 1. The molecule has 0 fully saturated rings. The molecule has 8 heteroatoms. The van der Waals surface area contributed by atoms with E-state index in [-0.39, 0.29) is 22.2 Å². The average molecular weight is 312 g/mol. The Kier molecular flexibility index (Phi) is 4.17. The monoisotopic (exact) mass is 312 g/mol. The number of hydrogen-bond donors (Lipinski definition) is 2. The third-order valence-corrected chi connectivity index (χ3v) is 4.01. The predicted molar refractivity (Wildman–Crippen MR) is 79.8 cm³/mol. The third-order valence-electron chi connectivity index (χ3n) is 2.87. The molecule has 0 radical (unpaired) electrons. The highest BCUT2D eigenvalue weighted by atomic mass is 32.2. The quantitative estimate of drug-likeness (QED) is 0.879. The minimum Gasteiger partial charge on any atom is -0.382 e. The number of rotatable bonds is 5. The number of hydrogen-bond acceptors (Lipinski definition) is 5. The molecular weight excluding hydrogens is 295 g/mol. The summed E-state index contributed by atoms with van der Waals surface area (Å²) in [5.74, 6) is -0.505. The minimum absolute atomic E-state index is 0.101. The number of nitrogens with zero attached hydrogens (tertiary/aromatic N) is 2. The Hall–Kier alpha value is -2.09. The average Bonchev–Trinajstić information content (AvgIpc) is 2.73. The Labute approximate surface area is 122 Å². The molecule has 0 amide bonds. The van der Waals surface area contributed by atoms with Crippen molar-refractivity contribution >= 4 is 21.5 Å². The summed E-state index contributed by atoms with van der Waals surface area (Å²) in [6.07, 6.45) is 1.83. The molecule has 3 N–H and O–H groups in total. The normalized spacial score (nSPS) is 11.6. The van der Waals surface area contributed by atoms with Gasteiger partial charge < -0.3 is 11.1 Å². The van der Waals surface area contributed by atoms with Crippen molar-refractivity contribution in [2.45, 2.75) is 18.2 Å². The maximum Gasteiger partial charge on any atom is 0.182 e. The molecule has 0 atom stereocenters. The van der Waals surface area contributed by atoms with Gasteiger partial charge in [0.15, 0.2) is 20.6 Å².